The SMILES string of the molecule is Nc1ccccc1-c1ccc2c(c1)CC[C@@H](CC1=CC=CCC1)c1ccccc1-2. The number of hydrogen-bond donors (Lipinski definition) is 1. The maximum atomic E-state index is 6.25. The lowest BCUT2D eigenvalue weighted by Gasteiger charge is -2.20. The van der Waals surface area contributed by atoms with E-state index in [1.54, 1.807) is 5.57 Å². The number of allylic oxidation sites excluding steroid dienone is 4. The maximum Gasteiger partial charge on any atom is 0.0393 e. The lowest BCUT2D eigenvalue weighted by atomic mass is 9.84. The third-order valence-electron chi connectivity index (χ3n) is 6.44. The molecule has 0 saturated heterocycles. The highest BCUT2D eigenvalue weighted by Crippen LogP contribution is 2.42. The molecule has 5 rings (SSSR count). The summed E-state index contributed by atoms with van der Waals surface area (Å²) in [5.41, 5.74) is 16.8. The molecule has 0 amide bonds. The topological polar surface area (TPSA) is 26.0 Å². The van der Waals surface area contributed by atoms with Crippen LogP contribution in [0.4, 0.5) is 5.69 Å². The predicted octanol–water partition coefficient (Wildman–Crippen LogP) is 7.30. The van der Waals surface area contributed by atoms with Crippen molar-refractivity contribution in [3.05, 3.63) is 102 Å². The molecule has 0 aromatic heterocycles. The van der Waals surface area contributed by atoms with Gasteiger partial charge in [-0.25, -0.2) is 0 Å². The summed E-state index contributed by atoms with van der Waals surface area (Å²) in [5, 5.41) is 0. The summed E-state index contributed by atoms with van der Waals surface area (Å²) >= 11 is 0. The highest BCUT2D eigenvalue weighted by molar-refractivity contribution is 5.81. The van der Waals surface area contributed by atoms with Gasteiger partial charge < -0.3 is 5.73 Å². The van der Waals surface area contributed by atoms with E-state index in [0.717, 1.165) is 17.7 Å². The van der Waals surface area contributed by atoms with Crippen LogP contribution in [0.25, 0.3) is 22.3 Å². The Kier molecular flexibility index (Phi) is 4.81. The van der Waals surface area contributed by atoms with E-state index in [9.17, 15) is 0 Å². The quantitative estimate of drug-likeness (QED) is 0.476. The standard InChI is InChI=1S/C28H27N/c29-28-13-7-6-11-26(28)23-16-17-25-22(19-23)15-14-21(18-20-8-2-1-3-9-20)24-10-4-5-12-27(24)25/h1-2,4-8,10-13,16-17,19,21H,3,9,14-15,18,29H2/t21-/m0/s1. The van der Waals surface area contributed by atoms with Crippen molar-refractivity contribution in [2.75, 3.05) is 5.73 Å². The first kappa shape index (κ1) is 18.0. The maximum absolute atomic E-state index is 6.25. The Hall–Kier alpha value is -3.06. The number of fused-ring (bicyclic) bond motifs is 3. The second-order valence-electron chi connectivity index (χ2n) is 8.28. The number of para-hydroxylation sites is 1. The summed E-state index contributed by atoms with van der Waals surface area (Å²) in [5.74, 6) is 0.585. The van der Waals surface area contributed by atoms with Crippen LogP contribution in [0.2, 0.25) is 0 Å². The van der Waals surface area contributed by atoms with Crippen LogP contribution in [0, 0.1) is 0 Å². The highest BCUT2D eigenvalue weighted by Gasteiger charge is 2.23. The first-order valence-corrected chi connectivity index (χ1v) is 10.7. The minimum Gasteiger partial charge on any atom is -0.398 e. The van der Waals surface area contributed by atoms with Crippen LogP contribution in [-0.4, -0.2) is 0 Å². The van der Waals surface area contributed by atoms with Gasteiger partial charge in [0.2, 0.25) is 0 Å². The van der Waals surface area contributed by atoms with Gasteiger partial charge in [0.05, 0.1) is 0 Å². The first-order valence-electron chi connectivity index (χ1n) is 10.7. The van der Waals surface area contributed by atoms with E-state index in [0.29, 0.717) is 5.92 Å². The Bertz CT molecular complexity index is 1100. The zero-order valence-corrected chi connectivity index (χ0v) is 16.8. The lowest BCUT2D eigenvalue weighted by Crippen LogP contribution is -2.03. The van der Waals surface area contributed by atoms with Crippen molar-refractivity contribution in [2.45, 2.75) is 38.0 Å². The number of aryl methyl sites for hydroxylation is 1. The Balaban J connectivity index is 1.54. The molecule has 0 unspecified atom stereocenters. The van der Waals surface area contributed by atoms with E-state index in [4.69, 9.17) is 5.73 Å². The van der Waals surface area contributed by atoms with Gasteiger partial charge in [-0.1, -0.05) is 84.5 Å². The average molecular weight is 378 g/mol. The van der Waals surface area contributed by atoms with Crippen LogP contribution in [0.1, 0.15) is 42.7 Å². The molecule has 0 aliphatic heterocycles. The van der Waals surface area contributed by atoms with Crippen LogP contribution in [0.5, 0.6) is 0 Å². The first-order chi connectivity index (χ1) is 14.3. The molecule has 2 N–H and O–H groups in total. The fourth-order valence-electron chi connectivity index (χ4n) is 4.93. The van der Waals surface area contributed by atoms with E-state index in [2.05, 4.69) is 72.8 Å². The number of nitrogens with two attached hydrogens (primary N) is 1. The third-order valence-corrected chi connectivity index (χ3v) is 6.44. The number of rotatable bonds is 3. The number of nitrogen functional groups attached to an aromatic ring is 1. The van der Waals surface area contributed by atoms with Crippen molar-refractivity contribution < 1.29 is 0 Å². The summed E-state index contributed by atoms with van der Waals surface area (Å²) < 4.78 is 0. The Morgan fingerprint density at radius 2 is 1.66 bits per heavy atom. The van der Waals surface area contributed by atoms with Gasteiger partial charge in [-0.2, -0.15) is 0 Å². The number of anilines is 1. The Morgan fingerprint density at radius 3 is 2.48 bits per heavy atom. The van der Waals surface area contributed by atoms with Crippen LogP contribution in [0.3, 0.4) is 0 Å². The zero-order valence-electron chi connectivity index (χ0n) is 16.8. The van der Waals surface area contributed by atoms with Crippen molar-refractivity contribution >= 4 is 5.69 Å². The second kappa shape index (κ2) is 7.75. The summed E-state index contributed by atoms with van der Waals surface area (Å²) in [7, 11) is 0. The molecule has 1 nitrogen and oxygen atoms in total. The van der Waals surface area contributed by atoms with Crippen LogP contribution in [0.15, 0.2) is 90.5 Å². The molecule has 3 aromatic carbocycles. The van der Waals surface area contributed by atoms with Gasteiger partial charge in [-0.3, -0.25) is 0 Å². The van der Waals surface area contributed by atoms with Crippen molar-refractivity contribution in [1.29, 1.82) is 0 Å². The van der Waals surface area contributed by atoms with Crippen LogP contribution < -0.4 is 5.73 Å². The molecule has 0 spiro atoms. The molecule has 1 atom stereocenters. The zero-order chi connectivity index (χ0) is 19.6. The number of benzene rings is 3. The molecular formula is C28H27N. The van der Waals surface area contributed by atoms with Crippen molar-refractivity contribution in [3.8, 4) is 22.3 Å². The van der Waals surface area contributed by atoms with Gasteiger partial charge in [0.1, 0.15) is 0 Å². The molecule has 3 aromatic rings. The molecule has 0 radical (unpaired) electrons. The molecular weight excluding hydrogens is 350 g/mol. The molecule has 144 valence electrons. The summed E-state index contributed by atoms with van der Waals surface area (Å²) in [6, 6.07) is 24.1. The third kappa shape index (κ3) is 3.53. The van der Waals surface area contributed by atoms with Crippen LogP contribution >= 0.6 is 0 Å². The minimum atomic E-state index is 0.585. The Morgan fingerprint density at radius 1 is 0.828 bits per heavy atom. The summed E-state index contributed by atoms with van der Waals surface area (Å²) in [4.78, 5) is 0. The summed E-state index contributed by atoms with van der Waals surface area (Å²) in [6.45, 7) is 0. The smallest absolute Gasteiger partial charge is 0.0393 e. The molecule has 0 saturated carbocycles. The lowest BCUT2D eigenvalue weighted by molar-refractivity contribution is 0.612. The fourth-order valence-corrected chi connectivity index (χ4v) is 4.93. The second-order valence-corrected chi connectivity index (χ2v) is 8.28. The number of hydrogen-bond acceptors (Lipinski definition) is 1. The van der Waals surface area contributed by atoms with E-state index in [-0.39, 0.29) is 0 Å². The fraction of sp³-hybridized carbons (Fsp3) is 0.214. The highest BCUT2D eigenvalue weighted by atomic mass is 14.6. The van der Waals surface area contributed by atoms with E-state index in [1.807, 2.05) is 12.1 Å². The van der Waals surface area contributed by atoms with E-state index in [1.165, 1.54) is 53.5 Å². The van der Waals surface area contributed by atoms with E-state index < -0.39 is 0 Å². The molecule has 0 heterocycles. The predicted molar refractivity (Wildman–Crippen MR) is 124 cm³/mol. The molecule has 2 aliphatic rings. The van der Waals surface area contributed by atoms with Crippen LogP contribution in [-0.2, 0) is 6.42 Å². The van der Waals surface area contributed by atoms with Gasteiger partial charge in [-0.15, -0.1) is 0 Å². The van der Waals surface area contributed by atoms with Gasteiger partial charge in [0, 0.05) is 11.3 Å². The van der Waals surface area contributed by atoms with Crippen molar-refractivity contribution in [3.63, 3.8) is 0 Å². The normalized spacial score (nSPS) is 17.8. The van der Waals surface area contributed by atoms with Gasteiger partial charge in [0.15, 0.2) is 0 Å². The monoisotopic (exact) mass is 377 g/mol. The van der Waals surface area contributed by atoms with Gasteiger partial charge in [0.25, 0.3) is 0 Å². The van der Waals surface area contributed by atoms with Gasteiger partial charge >= 0.3 is 0 Å². The Labute approximate surface area is 173 Å². The molecule has 0 fully saturated rings. The molecule has 0 bridgehead atoms. The van der Waals surface area contributed by atoms with Crippen molar-refractivity contribution in [1.82, 2.24) is 0 Å². The van der Waals surface area contributed by atoms with Crippen molar-refractivity contribution in [2.24, 2.45) is 0 Å². The molecule has 2 aliphatic carbocycles. The minimum absolute atomic E-state index is 0.585. The molecule has 1 heteroatoms. The van der Waals surface area contributed by atoms with E-state index >= 15 is 0 Å². The summed E-state index contributed by atoms with van der Waals surface area (Å²) in [6.07, 6.45) is 12.7. The molecule has 29 heavy (non-hydrogen) atoms. The largest absolute Gasteiger partial charge is 0.398 e. The average Bonchev–Trinajstić information content (AvgIpc) is 2.92. The van der Waals surface area contributed by atoms with Gasteiger partial charge in [-0.05, 0) is 71.9 Å².